The molecule has 1 heterocycles. The van der Waals surface area contributed by atoms with Crippen molar-refractivity contribution in [2.24, 2.45) is 0 Å². The second kappa shape index (κ2) is 4.29. The third-order valence-corrected chi connectivity index (χ3v) is 2.36. The second-order valence-electron chi connectivity index (χ2n) is 3.69. The molecular weight excluding hydrogens is 222 g/mol. The maximum Gasteiger partial charge on any atom is 0.234 e. The average molecular weight is 233 g/mol. The van der Waals surface area contributed by atoms with Crippen LogP contribution in [0.3, 0.4) is 0 Å². The van der Waals surface area contributed by atoms with E-state index in [0.29, 0.717) is 17.5 Å². The van der Waals surface area contributed by atoms with E-state index in [2.05, 4.69) is 5.32 Å². The summed E-state index contributed by atoms with van der Waals surface area (Å²) in [5.41, 5.74) is 0.695. The van der Waals surface area contributed by atoms with Gasteiger partial charge in [0.25, 0.3) is 0 Å². The van der Waals surface area contributed by atoms with Gasteiger partial charge in [-0.15, -0.1) is 0 Å². The van der Waals surface area contributed by atoms with Gasteiger partial charge in [0.1, 0.15) is 11.8 Å². The molecule has 2 rings (SSSR count). The lowest BCUT2D eigenvalue weighted by atomic mass is 10.1. The quantitative estimate of drug-likeness (QED) is 0.815. The average Bonchev–Trinajstić information content (AvgIpc) is 2.31. The van der Waals surface area contributed by atoms with Gasteiger partial charge in [0.05, 0.1) is 5.39 Å². The van der Waals surface area contributed by atoms with Crippen LogP contribution in [0.15, 0.2) is 33.7 Å². The molecule has 0 unspecified atom stereocenters. The Kier molecular flexibility index (Phi) is 2.82. The Morgan fingerprint density at radius 1 is 1.47 bits per heavy atom. The van der Waals surface area contributed by atoms with Crippen molar-refractivity contribution in [2.45, 2.75) is 13.5 Å². The minimum absolute atomic E-state index is 0.145. The molecule has 88 valence electrons. The molecule has 2 aromatic rings. The van der Waals surface area contributed by atoms with Gasteiger partial charge in [-0.3, -0.25) is 9.59 Å². The molecule has 5 heteroatoms. The molecule has 5 nitrogen and oxygen atoms in total. The molecule has 0 radical (unpaired) electrons. The van der Waals surface area contributed by atoms with Crippen molar-refractivity contribution < 1.29 is 14.3 Å². The van der Waals surface area contributed by atoms with Crippen molar-refractivity contribution in [1.29, 1.82) is 0 Å². The van der Waals surface area contributed by atoms with Gasteiger partial charge in [0.15, 0.2) is 5.75 Å². The molecule has 0 fully saturated rings. The van der Waals surface area contributed by atoms with E-state index in [9.17, 15) is 14.7 Å². The van der Waals surface area contributed by atoms with Crippen LogP contribution in [0.1, 0.15) is 12.5 Å². The van der Waals surface area contributed by atoms with E-state index in [4.69, 9.17) is 4.42 Å². The van der Waals surface area contributed by atoms with Crippen molar-refractivity contribution in [3.8, 4) is 5.75 Å². The zero-order chi connectivity index (χ0) is 12.4. The van der Waals surface area contributed by atoms with Crippen LogP contribution in [-0.4, -0.2) is 11.0 Å². The van der Waals surface area contributed by atoms with Crippen LogP contribution in [0.5, 0.6) is 5.75 Å². The first-order valence-electron chi connectivity index (χ1n) is 5.06. The number of hydrogen-bond donors (Lipinski definition) is 2. The largest absolute Gasteiger partial charge is 0.502 e. The van der Waals surface area contributed by atoms with Gasteiger partial charge >= 0.3 is 0 Å². The summed E-state index contributed by atoms with van der Waals surface area (Å²) in [4.78, 5) is 22.4. The van der Waals surface area contributed by atoms with Gasteiger partial charge < -0.3 is 14.8 Å². The molecule has 17 heavy (non-hydrogen) atoms. The summed E-state index contributed by atoms with van der Waals surface area (Å²) in [6, 6.07) is 4.97. The molecule has 0 aliphatic carbocycles. The zero-order valence-electron chi connectivity index (χ0n) is 9.19. The normalized spacial score (nSPS) is 10.4. The molecular formula is C12H11NO4. The fourth-order valence-corrected chi connectivity index (χ4v) is 1.50. The first-order chi connectivity index (χ1) is 8.08. The number of carbonyl (C=O) groups is 1. The number of benzene rings is 1. The molecule has 1 aromatic carbocycles. The summed E-state index contributed by atoms with van der Waals surface area (Å²) >= 11 is 0. The highest BCUT2D eigenvalue weighted by Crippen LogP contribution is 2.15. The number of hydrogen-bond acceptors (Lipinski definition) is 4. The van der Waals surface area contributed by atoms with Crippen LogP contribution in [-0.2, 0) is 11.3 Å². The first-order valence-corrected chi connectivity index (χ1v) is 5.06. The fraction of sp³-hybridized carbons (Fsp3) is 0.167. The number of amides is 1. The lowest BCUT2D eigenvalue weighted by Crippen LogP contribution is -2.18. The number of fused-ring (bicyclic) bond motifs is 1. The first kappa shape index (κ1) is 11.2. The van der Waals surface area contributed by atoms with Crippen molar-refractivity contribution in [1.82, 2.24) is 5.32 Å². The van der Waals surface area contributed by atoms with Crippen LogP contribution in [0.25, 0.3) is 11.0 Å². The highest BCUT2D eigenvalue weighted by Gasteiger charge is 2.06. The highest BCUT2D eigenvalue weighted by atomic mass is 16.3. The minimum Gasteiger partial charge on any atom is -0.502 e. The molecule has 2 N–H and O–H groups in total. The maximum absolute atomic E-state index is 11.6. The zero-order valence-corrected chi connectivity index (χ0v) is 9.19. The predicted molar refractivity (Wildman–Crippen MR) is 61.7 cm³/mol. The summed E-state index contributed by atoms with van der Waals surface area (Å²) in [7, 11) is 0. The molecule has 1 aromatic heterocycles. The summed E-state index contributed by atoms with van der Waals surface area (Å²) in [5, 5.41) is 12.2. The molecule has 0 spiro atoms. The van der Waals surface area contributed by atoms with Gasteiger partial charge in [-0.05, 0) is 17.7 Å². The summed E-state index contributed by atoms with van der Waals surface area (Å²) in [5.74, 6) is -0.567. The smallest absolute Gasteiger partial charge is 0.234 e. The van der Waals surface area contributed by atoms with Gasteiger partial charge in [0, 0.05) is 13.5 Å². The number of nitrogens with one attached hydrogen (secondary N) is 1. The van der Waals surface area contributed by atoms with Crippen molar-refractivity contribution >= 4 is 16.9 Å². The Hall–Kier alpha value is -2.30. The molecule has 0 aliphatic heterocycles. The highest BCUT2D eigenvalue weighted by molar-refractivity contribution is 5.78. The van der Waals surface area contributed by atoms with E-state index in [1.165, 1.54) is 6.92 Å². The predicted octanol–water partition coefficient (Wildman–Crippen LogP) is 1.13. The fourth-order valence-electron chi connectivity index (χ4n) is 1.50. The van der Waals surface area contributed by atoms with Gasteiger partial charge in [0.2, 0.25) is 11.3 Å². The summed E-state index contributed by atoms with van der Waals surface area (Å²) in [6.45, 7) is 1.75. The number of carbonyl (C=O) groups excluding carboxylic acids is 1. The maximum atomic E-state index is 11.6. The minimum atomic E-state index is -0.476. The third-order valence-electron chi connectivity index (χ3n) is 2.36. The van der Waals surface area contributed by atoms with E-state index in [1.54, 1.807) is 18.2 Å². The topological polar surface area (TPSA) is 79.5 Å². The Bertz CT molecular complexity index is 630. The molecule has 0 atom stereocenters. The Morgan fingerprint density at radius 2 is 2.24 bits per heavy atom. The second-order valence-corrected chi connectivity index (χ2v) is 3.69. The third kappa shape index (κ3) is 2.28. The summed E-state index contributed by atoms with van der Waals surface area (Å²) in [6.07, 6.45) is 1.01. The van der Waals surface area contributed by atoms with E-state index in [0.717, 1.165) is 11.8 Å². The Labute approximate surface area is 96.7 Å². The lowest BCUT2D eigenvalue weighted by Gasteiger charge is -2.03. The molecule has 0 aliphatic rings. The monoisotopic (exact) mass is 233 g/mol. The van der Waals surface area contributed by atoms with Crippen LogP contribution in [0, 0.1) is 0 Å². The van der Waals surface area contributed by atoms with Crippen LogP contribution in [0.2, 0.25) is 0 Å². The van der Waals surface area contributed by atoms with Crippen molar-refractivity contribution in [2.75, 3.05) is 0 Å². The van der Waals surface area contributed by atoms with E-state index >= 15 is 0 Å². The van der Waals surface area contributed by atoms with Gasteiger partial charge in [-0.1, -0.05) is 6.07 Å². The lowest BCUT2D eigenvalue weighted by molar-refractivity contribution is -0.119. The SMILES string of the molecule is CC(=O)NCc1ccc2occ(O)c(=O)c2c1. The molecule has 0 bridgehead atoms. The Morgan fingerprint density at radius 3 is 2.94 bits per heavy atom. The van der Waals surface area contributed by atoms with E-state index in [-0.39, 0.29) is 5.91 Å². The van der Waals surface area contributed by atoms with Crippen LogP contribution in [0.4, 0.5) is 0 Å². The standard InChI is InChI=1S/C12H11NO4/c1-7(14)13-5-8-2-3-11-9(4-8)12(16)10(15)6-17-11/h2-4,6,15H,5H2,1H3,(H,13,14). The van der Waals surface area contributed by atoms with Crippen LogP contribution >= 0.6 is 0 Å². The van der Waals surface area contributed by atoms with E-state index < -0.39 is 11.2 Å². The molecule has 1 amide bonds. The van der Waals surface area contributed by atoms with Gasteiger partial charge in [-0.25, -0.2) is 0 Å². The number of aromatic hydroxyl groups is 1. The number of rotatable bonds is 2. The van der Waals surface area contributed by atoms with Crippen molar-refractivity contribution in [3.63, 3.8) is 0 Å². The Balaban J connectivity index is 2.45. The molecule has 0 saturated heterocycles. The van der Waals surface area contributed by atoms with Gasteiger partial charge in [-0.2, -0.15) is 0 Å². The van der Waals surface area contributed by atoms with E-state index in [1.807, 2.05) is 0 Å². The van der Waals surface area contributed by atoms with Crippen molar-refractivity contribution in [3.05, 3.63) is 40.2 Å². The summed E-state index contributed by atoms with van der Waals surface area (Å²) < 4.78 is 5.07. The molecule has 0 saturated carbocycles. The van der Waals surface area contributed by atoms with Crippen LogP contribution < -0.4 is 10.7 Å².